The summed E-state index contributed by atoms with van der Waals surface area (Å²) >= 11 is 1.51. The number of amides is 1. The Morgan fingerprint density at radius 1 is 1.03 bits per heavy atom. The minimum Gasteiger partial charge on any atom is -0.369 e. The second-order valence-electron chi connectivity index (χ2n) is 8.04. The summed E-state index contributed by atoms with van der Waals surface area (Å²) in [6, 6.07) is 19.1. The number of thiazole rings is 1. The van der Waals surface area contributed by atoms with Crippen LogP contribution in [-0.2, 0) is 11.2 Å². The molecular weight excluding hydrogens is 430 g/mol. The first kappa shape index (κ1) is 21.0. The van der Waals surface area contributed by atoms with Crippen molar-refractivity contribution in [3.05, 3.63) is 117 Å². The number of aryl methyl sites for hydroxylation is 1. The van der Waals surface area contributed by atoms with Crippen molar-refractivity contribution < 1.29 is 9.59 Å². The molecule has 0 radical (unpaired) electrons. The van der Waals surface area contributed by atoms with Gasteiger partial charge in [0.1, 0.15) is 0 Å². The van der Waals surface area contributed by atoms with Crippen LogP contribution in [0.5, 0.6) is 0 Å². The van der Waals surface area contributed by atoms with Crippen LogP contribution in [0.2, 0.25) is 0 Å². The summed E-state index contributed by atoms with van der Waals surface area (Å²) in [5, 5.41) is 0. The van der Waals surface area contributed by atoms with E-state index < -0.39 is 11.8 Å². The Hall–Kier alpha value is -3.90. The summed E-state index contributed by atoms with van der Waals surface area (Å²) < 4.78 is 0. The Kier molecular flexibility index (Phi) is 5.44. The predicted molar refractivity (Wildman–Crippen MR) is 130 cm³/mol. The van der Waals surface area contributed by atoms with E-state index >= 15 is 0 Å². The summed E-state index contributed by atoms with van der Waals surface area (Å²) in [5.41, 5.74) is 13.9. The number of hydrogen-bond donors (Lipinski definition) is 1. The van der Waals surface area contributed by atoms with E-state index in [0.717, 1.165) is 38.4 Å². The molecule has 1 aliphatic rings. The molecule has 0 bridgehead atoms. The molecule has 5 nitrogen and oxygen atoms in total. The molecule has 6 heteroatoms. The number of benzene rings is 2. The third kappa shape index (κ3) is 3.79. The van der Waals surface area contributed by atoms with Gasteiger partial charge in [-0.3, -0.25) is 14.6 Å². The molecule has 1 amide bonds. The second kappa shape index (κ2) is 8.56. The molecule has 162 valence electrons. The van der Waals surface area contributed by atoms with Gasteiger partial charge in [-0.1, -0.05) is 48.5 Å². The van der Waals surface area contributed by atoms with E-state index in [4.69, 9.17) is 5.73 Å². The number of ketones is 1. The fourth-order valence-corrected chi connectivity index (χ4v) is 5.23. The number of primary amides is 1. The van der Waals surface area contributed by atoms with E-state index in [9.17, 15) is 9.59 Å². The molecule has 1 aliphatic carbocycles. The van der Waals surface area contributed by atoms with Gasteiger partial charge in [-0.15, -0.1) is 11.3 Å². The highest BCUT2D eigenvalue weighted by Gasteiger charge is 2.34. The van der Waals surface area contributed by atoms with Crippen molar-refractivity contribution >= 4 is 34.2 Å². The maximum absolute atomic E-state index is 13.7. The van der Waals surface area contributed by atoms with E-state index in [0.29, 0.717) is 17.6 Å². The Bertz CT molecular complexity index is 1390. The molecule has 2 heterocycles. The summed E-state index contributed by atoms with van der Waals surface area (Å²) in [5.74, 6) is -1.02. The number of nitrogens with zero attached hydrogens (tertiary/aromatic N) is 2. The first-order chi connectivity index (χ1) is 16.0. The van der Waals surface area contributed by atoms with Crippen molar-refractivity contribution in [1.29, 1.82) is 0 Å². The van der Waals surface area contributed by atoms with Crippen molar-refractivity contribution in [2.75, 3.05) is 0 Å². The number of fused-ring (bicyclic) bond motifs is 1. The fourth-order valence-electron chi connectivity index (χ4n) is 4.36. The molecule has 4 aromatic rings. The van der Waals surface area contributed by atoms with E-state index in [1.807, 2.05) is 67.6 Å². The van der Waals surface area contributed by atoms with Crippen LogP contribution in [0.3, 0.4) is 0 Å². The summed E-state index contributed by atoms with van der Waals surface area (Å²) in [4.78, 5) is 35.7. The molecular formula is C27H21N3O2S. The Balaban J connectivity index is 1.63. The SMILES string of the molecule is Cc1ncsc1C1=C(c2cccnc2)C(=O)c2cc(C(Cc3ccccc3)C(N)=O)ccc21. The van der Waals surface area contributed by atoms with Crippen molar-refractivity contribution in [1.82, 2.24) is 9.97 Å². The highest BCUT2D eigenvalue weighted by atomic mass is 32.1. The Morgan fingerprint density at radius 3 is 2.52 bits per heavy atom. The Labute approximate surface area is 195 Å². The maximum atomic E-state index is 13.7. The van der Waals surface area contributed by atoms with Crippen LogP contribution in [0.4, 0.5) is 0 Å². The molecule has 0 saturated heterocycles. The smallest absolute Gasteiger partial charge is 0.225 e. The lowest BCUT2D eigenvalue weighted by Gasteiger charge is -2.15. The quantitative estimate of drug-likeness (QED) is 0.456. The minimum atomic E-state index is -0.526. The molecule has 2 N–H and O–H groups in total. The van der Waals surface area contributed by atoms with E-state index in [1.54, 1.807) is 17.9 Å². The van der Waals surface area contributed by atoms with Gasteiger partial charge in [-0.2, -0.15) is 0 Å². The summed E-state index contributed by atoms with van der Waals surface area (Å²) in [7, 11) is 0. The largest absolute Gasteiger partial charge is 0.369 e. The number of pyridine rings is 1. The van der Waals surface area contributed by atoms with Gasteiger partial charge in [0.15, 0.2) is 5.78 Å². The highest BCUT2D eigenvalue weighted by Crippen LogP contribution is 2.45. The first-order valence-corrected chi connectivity index (χ1v) is 11.5. The van der Waals surface area contributed by atoms with Gasteiger partial charge in [0.25, 0.3) is 0 Å². The number of rotatable bonds is 6. The number of allylic oxidation sites excluding steroid dienone is 1. The fraction of sp³-hybridized carbons (Fsp3) is 0.111. The first-order valence-electron chi connectivity index (χ1n) is 10.6. The number of aromatic nitrogens is 2. The lowest BCUT2D eigenvalue weighted by Crippen LogP contribution is -2.23. The van der Waals surface area contributed by atoms with Crippen LogP contribution in [0.1, 0.15) is 49.1 Å². The third-order valence-corrected chi connectivity index (χ3v) is 6.93. The summed E-state index contributed by atoms with van der Waals surface area (Å²) in [6.07, 6.45) is 3.87. The average molecular weight is 452 g/mol. The van der Waals surface area contributed by atoms with E-state index in [-0.39, 0.29) is 5.78 Å². The molecule has 0 saturated carbocycles. The molecule has 0 spiro atoms. The number of nitrogens with two attached hydrogens (primary N) is 1. The topological polar surface area (TPSA) is 85.9 Å². The lowest BCUT2D eigenvalue weighted by molar-refractivity contribution is -0.119. The van der Waals surface area contributed by atoms with Crippen LogP contribution in [0, 0.1) is 6.92 Å². The van der Waals surface area contributed by atoms with Gasteiger partial charge in [-0.25, -0.2) is 4.98 Å². The van der Waals surface area contributed by atoms with Crippen molar-refractivity contribution in [2.24, 2.45) is 5.73 Å². The molecule has 1 atom stereocenters. The monoisotopic (exact) mass is 451 g/mol. The van der Waals surface area contributed by atoms with Gasteiger partial charge in [0.2, 0.25) is 5.91 Å². The average Bonchev–Trinajstić information content (AvgIpc) is 3.38. The van der Waals surface area contributed by atoms with E-state index in [1.165, 1.54) is 11.3 Å². The Morgan fingerprint density at radius 2 is 1.85 bits per heavy atom. The number of Topliss-reactive ketones (excluding diaryl/α,β-unsaturated/α-hetero) is 1. The normalized spacial score (nSPS) is 13.8. The second-order valence-corrected chi connectivity index (χ2v) is 8.89. The van der Waals surface area contributed by atoms with Gasteiger partial charge in [-0.05, 0) is 42.2 Å². The maximum Gasteiger partial charge on any atom is 0.225 e. The van der Waals surface area contributed by atoms with Crippen LogP contribution in [0.15, 0.2) is 78.6 Å². The third-order valence-electron chi connectivity index (χ3n) is 5.99. The molecule has 2 aromatic heterocycles. The van der Waals surface area contributed by atoms with Gasteiger partial charge in [0, 0.05) is 34.7 Å². The molecule has 0 fully saturated rings. The van der Waals surface area contributed by atoms with Crippen LogP contribution >= 0.6 is 11.3 Å². The minimum absolute atomic E-state index is 0.0782. The zero-order valence-corrected chi connectivity index (χ0v) is 18.8. The number of carbonyl (C=O) groups is 2. The predicted octanol–water partition coefficient (Wildman–Crippen LogP) is 4.81. The highest BCUT2D eigenvalue weighted by molar-refractivity contribution is 7.11. The van der Waals surface area contributed by atoms with Gasteiger partial charge < -0.3 is 5.73 Å². The van der Waals surface area contributed by atoms with Crippen molar-refractivity contribution in [3.63, 3.8) is 0 Å². The van der Waals surface area contributed by atoms with Gasteiger partial charge >= 0.3 is 0 Å². The zero-order chi connectivity index (χ0) is 22.9. The number of hydrogen-bond acceptors (Lipinski definition) is 5. The van der Waals surface area contributed by atoms with Gasteiger partial charge in [0.05, 0.1) is 22.0 Å². The number of carbonyl (C=O) groups excluding carboxylic acids is 2. The molecule has 5 rings (SSSR count). The molecule has 1 unspecified atom stereocenters. The zero-order valence-electron chi connectivity index (χ0n) is 18.0. The molecule has 33 heavy (non-hydrogen) atoms. The van der Waals surface area contributed by atoms with Crippen LogP contribution in [-0.4, -0.2) is 21.7 Å². The van der Waals surface area contributed by atoms with E-state index in [2.05, 4.69) is 9.97 Å². The standard InChI is InChI=1S/C27H21N3O2S/c1-16-26(33-15-30-16)24-20-10-9-18(21(27(28)32)12-17-6-3-2-4-7-17)13-22(20)25(31)23(24)19-8-5-11-29-14-19/h2-11,13-15,21H,12H2,1H3,(H2,28,32). The van der Waals surface area contributed by atoms with Crippen molar-refractivity contribution in [3.8, 4) is 0 Å². The van der Waals surface area contributed by atoms with Crippen molar-refractivity contribution in [2.45, 2.75) is 19.3 Å². The molecule has 0 aliphatic heterocycles. The lowest BCUT2D eigenvalue weighted by atomic mass is 9.89. The summed E-state index contributed by atoms with van der Waals surface area (Å²) in [6.45, 7) is 1.94. The van der Waals surface area contributed by atoms with Crippen LogP contribution in [0.25, 0.3) is 11.1 Å². The van der Waals surface area contributed by atoms with Crippen LogP contribution < -0.4 is 5.73 Å². The molecule has 2 aromatic carbocycles.